The average Bonchev–Trinajstić information content (AvgIpc) is 2.69. The quantitative estimate of drug-likeness (QED) is 0.481. The molecular weight excluding hydrogens is 342 g/mol. The minimum absolute atomic E-state index is 0.242. The Kier molecular flexibility index (Phi) is 6.13. The number of benzene rings is 1. The van der Waals surface area contributed by atoms with Gasteiger partial charge in [0.1, 0.15) is 5.82 Å². The number of rotatable bonds is 7. The van der Waals surface area contributed by atoms with Gasteiger partial charge in [-0.3, -0.25) is 4.98 Å². The van der Waals surface area contributed by atoms with Crippen molar-refractivity contribution in [2.24, 2.45) is 0 Å². The molecule has 138 valence electrons. The van der Waals surface area contributed by atoms with Crippen LogP contribution in [0.5, 0.6) is 0 Å². The van der Waals surface area contributed by atoms with Gasteiger partial charge >= 0.3 is 6.03 Å². The van der Waals surface area contributed by atoms with Crippen molar-refractivity contribution < 1.29 is 4.79 Å². The molecule has 27 heavy (non-hydrogen) atoms. The van der Waals surface area contributed by atoms with E-state index in [9.17, 15) is 4.79 Å². The van der Waals surface area contributed by atoms with Crippen LogP contribution in [0.25, 0.3) is 0 Å². The highest BCUT2D eigenvalue weighted by Crippen LogP contribution is 2.13. The molecule has 3 aromatic rings. The molecule has 4 N–H and O–H groups in total. The molecule has 0 atom stereocenters. The maximum absolute atomic E-state index is 11.9. The first-order valence-corrected chi connectivity index (χ1v) is 8.56. The molecule has 0 fully saturated rings. The monoisotopic (exact) mass is 363 g/mol. The summed E-state index contributed by atoms with van der Waals surface area (Å²) in [5.41, 5.74) is 2.71. The Morgan fingerprint density at radius 3 is 2.41 bits per heavy atom. The number of para-hydroxylation sites is 1. The number of aryl methyl sites for hydroxylation is 1. The first kappa shape index (κ1) is 18.1. The molecule has 8 nitrogen and oxygen atoms in total. The van der Waals surface area contributed by atoms with Gasteiger partial charge in [-0.05, 0) is 42.8 Å². The highest BCUT2D eigenvalue weighted by molar-refractivity contribution is 5.90. The molecule has 0 saturated heterocycles. The van der Waals surface area contributed by atoms with Crippen molar-refractivity contribution in [2.75, 3.05) is 29.0 Å². The molecular formula is C19H21N7O. The van der Waals surface area contributed by atoms with Crippen molar-refractivity contribution in [1.82, 2.24) is 20.5 Å². The van der Waals surface area contributed by atoms with Crippen LogP contribution in [0.4, 0.5) is 27.8 Å². The lowest BCUT2D eigenvalue weighted by molar-refractivity contribution is 0.252. The molecule has 2 heterocycles. The Morgan fingerprint density at radius 1 is 0.926 bits per heavy atom. The molecule has 0 aliphatic carbocycles. The maximum Gasteiger partial charge on any atom is 0.319 e. The molecule has 0 aliphatic heterocycles. The summed E-state index contributed by atoms with van der Waals surface area (Å²) in [6, 6.07) is 14.7. The van der Waals surface area contributed by atoms with E-state index in [2.05, 4.69) is 36.4 Å². The number of nitrogens with zero attached hydrogens (tertiary/aromatic N) is 3. The standard InChI is InChI=1S/C19H21N7O/c1-14-4-2-3-5-16(14)24-19(27)22-13-12-21-17-6-7-18(26-25-17)23-15-8-10-20-11-9-15/h2-11H,12-13H2,1H3,(H,21,25)(H,20,23,26)(H2,22,24,27). The third-order valence-corrected chi connectivity index (χ3v) is 3.73. The summed E-state index contributed by atoms with van der Waals surface area (Å²) in [4.78, 5) is 15.9. The lowest BCUT2D eigenvalue weighted by Gasteiger charge is -2.10. The molecule has 1 aromatic carbocycles. The summed E-state index contributed by atoms with van der Waals surface area (Å²) in [6.07, 6.45) is 3.40. The van der Waals surface area contributed by atoms with E-state index in [1.54, 1.807) is 12.4 Å². The fourth-order valence-corrected chi connectivity index (χ4v) is 2.32. The molecule has 0 radical (unpaired) electrons. The van der Waals surface area contributed by atoms with Gasteiger partial charge in [-0.2, -0.15) is 0 Å². The number of aromatic nitrogens is 3. The van der Waals surface area contributed by atoms with E-state index in [4.69, 9.17) is 0 Å². The van der Waals surface area contributed by atoms with Gasteiger partial charge in [-0.1, -0.05) is 18.2 Å². The highest BCUT2D eigenvalue weighted by atomic mass is 16.2. The van der Waals surface area contributed by atoms with Gasteiger partial charge in [-0.15, -0.1) is 10.2 Å². The Morgan fingerprint density at radius 2 is 1.67 bits per heavy atom. The summed E-state index contributed by atoms with van der Waals surface area (Å²) in [5, 5.41) is 20.1. The maximum atomic E-state index is 11.9. The average molecular weight is 363 g/mol. The molecule has 0 spiro atoms. The van der Waals surface area contributed by atoms with E-state index >= 15 is 0 Å². The predicted octanol–water partition coefficient (Wildman–Crippen LogP) is 3.16. The first-order valence-electron chi connectivity index (χ1n) is 8.56. The van der Waals surface area contributed by atoms with Crippen LogP contribution in [0.15, 0.2) is 60.9 Å². The number of carbonyl (C=O) groups excluding carboxylic acids is 1. The third kappa shape index (κ3) is 5.67. The van der Waals surface area contributed by atoms with E-state index in [-0.39, 0.29) is 6.03 Å². The molecule has 0 bridgehead atoms. The summed E-state index contributed by atoms with van der Waals surface area (Å²) < 4.78 is 0. The number of pyridine rings is 1. The fraction of sp³-hybridized carbons (Fsp3) is 0.158. The molecule has 0 saturated carbocycles. The lowest BCUT2D eigenvalue weighted by atomic mass is 10.2. The zero-order valence-electron chi connectivity index (χ0n) is 14.9. The Hall–Kier alpha value is -3.68. The van der Waals surface area contributed by atoms with Gasteiger partial charge in [0.25, 0.3) is 0 Å². The Labute approximate surface area is 157 Å². The van der Waals surface area contributed by atoms with E-state index in [1.807, 2.05) is 55.5 Å². The van der Waals surface area contributed by atoms with Gasteiger partial charge in [-0.25, -0.2) is 4.79 Å². The molecule has 8 heteroatoms. The van der Waals surface area contributed by atoms with Crippen LogP contribution < -0.4 is 21.3 Å². The van der Waals surface area contributed by atoms with Gasteiger partial charge in [0, 0.05) is 36.9 Å². The van der Waals surface area contributed by atoms with Gasteiger partial charge in [0.2, 0.25) is 0 Å². The molecule has 3 rings (SSSR count). The van der Waals surface area contributed by atoms with Crippen LogP contribution in [0, 0.1) is 6.92 Å². The summed E-state index contributed by atoms with van der Waals surface area (Å²) in [5.74, 6) is 1.28. The van der Waals surface area contributed by atoms with Crippen LogP contribution in [-0.4, -0.2) is 34.3 Å². The summed E-state index contributed by atoms with van der Waals surface area (Å²) in [7, 11) is 0. The number of amides is 2. The summed E-state index contributed by atoms with van der Waals surface area (Å²) >= 11 is 0. The summed E-state index contributed by atoms with van der Waals surface area (Å²) in [6.45, 7) is 2.94. The Balaban J connectivity index is 1.39. The molecule has 0 aliphatic rings. The van der Waals surface area contributed by atoms with Crippen molar-refractivity contribution in [3.63, 3.8) is 0 Å². The molecule has 0 unspecified atom stereocenters. The lowest BCUT2D eigenvalue weighted by Crippen LogP contribution is -2.32. The number of carbonyl (C=O) groups is 1. The van der Waals surface area contributed by atoms with Gasteiger partial charge in [0.05, 0.1) is 0 Å². The van der Waals surface area contributed by atoms with Crippen molar-refractivity contribution >= 4 is 29.0 Å². The van der Waals surface area contributed by atoms with Crippen molar-refractivity contribution in [1.29, 1.82) is 0 Å². The topological polar surface area (TPSA) is 104 Å². The van der Waals surface area contributed by atoms with Crippen molar-refractivity contribution in [3.05, 3.63) is 66.5 Å². The number of hydrogen-bond donors (Lipinski definition) is 4. The van der Waals surface area contributed by atoms with E-state index in [0.29, 0.717) is 24.7 Å². The van der Waals surface area contributed by atoms with Gasteiger partial charge in [0.15, 0.2) is 5.82 Å². The Bertz CT molecular complexity index is 869. The van der Waals surface area contributed by atoms with E-state index in [0.717, 1.165) is 16.9 Å². The van der Waals surface area contributed by atoms with Crippen LogP contribution in [0.2, 0.25) is 0 Å². The number of hydrogen-bond acceptors (Lipinski definition) is 6. The van der Waals surface area contributed by atoms with Crippen LogP contribution in [0.3, 0.4) is 0 Å². The fourth-order valence-electron chi connectivity index (χ4n) is 2.32. The zero-order valence-corrected chi connectivity index (χ0v) is 14.9. The second kappa shape index (κ2) is 9.14. The van der Waals surface area contributed by atoms with Gasteiger partial charge < -0.3 is 21.3 Å². The highest BCUT2D eigenvalue weighted by Gasteiger charge is 2.03. The molecule has 2 aromatic heterocycles. The SMILES string of the molecule is Cc1ccccc1NC(=O)NCCNc1ccc(Nc2ccncc2)nn1. The minimum atomic E-state index is -0.242. The number of anilines is 4. The van der Waals surface area contributed by atoms with Crippen LogP contribution in [0.1, 0.15) is 5.56 Å². The van der Waals surface area contributed by atoms with Crippen LogP contribution >= 0.6 is 0 Å². The number of nitrogens with one attached hydrogen (secondary N) is 4. The zero-order chi connectivity index (χ0) is 18.9. The largest absolute Gasteiger partial charge is 0.367 e. The molecule has 2 amide bonds. The normalized spacial score (nSPS) is 10.1. The second-order valence-corrected chi connectivity index (χ2v) is 5.79. The smallest absolute Gasteiger partial charge is 0.319 e. The third-order valence-electron chi connectivity index (χ3n) is 3.73. The minimum Gasteiger partial charge on any atom is -0.367 e. The second-order valence-electron chi connectivity index (χ2n) is 5.79. The van der Waals surface area contributed by atoms with E-state index < -0.39 is 0 Å². The van der Waals surface area contributed by atoms with E-state index in [1.165, 1.54) is 0 Å². The van der Waals surface area contributed by atoms with Crippen molar-refractivity contribution in [3.8, 4) is 0 Å². The number of urea groups is 1. The van der Waals surface area contributed by atoms with Crippen molar-refractivity contribution in [2.45, 2.75) is 6.92 Å². The van der Waals surface area contributed by atoms with Crippen LogP contribution in [-0.2, 0) is 0 Å². The first-order chi connectivity index (χ1) is 13.2. The predicted molar refractivity (Wildman–Crippen MR) is 106 cm³/mol.